The predicted octanol–water partition coefficient (Wildman–Crippen LogP) is 1.91. The molecule has 4 rings (SSSR count). The highest BCUT2D eigenvalue weighted by molar-refractivity contribution is 7.47. The van der Waals surface area contributed by atoms with E-state index in [4.69, 9.17) is 14.8 Å². The highest BCUT2D eigenvalue weighted by Crippen LogP contribution is 2.49. The van der Waals surface area contributed by atoms with Gasteiger partial charge in [0.1, 0.15) is 23.4 Å². The molecular weight excluding hydrogens is 404 g/mol. The van der Waals surface area contributed by atoms with Gasteiger partial charge in [0.15, 0.2) is 11.5 Å². The van der Waals surface area contributed by atoms with Crippen LogP contribution in [0.5, 0.6) is 5.75 Å². The Balaban J connectivity index is 1.40. The summed E-state index contributed by atoms with van der Waals surface area (Å²) in [6.45, 7) is -0.228. The lowest BCUT2D eigenvalue weighted by Gasteiger charge is -2.44. The van der Waals surface area contributed by atoms with E-state index in [1.807, 2.05) is 4.57 Å². The molecule has 0 spiro atoms. The first-order valence-electron chi connectivity index (χ1n) is 8.84. The molecule has 0 aliphatic heterocycles. The molecule has 4 atom stereocenters. The monoisotopic (exact) mass is 423 g/mol. The van der Waals surface area contributed by atoms with Crippen LogP contribution in [0.15, 0.2) is 36.9 Å². The summed E-state index contributed by atoms with van der Waals surface area (Å²) >= 11 is 0. The van der Waals surface area contributed by atoms with Crippen LogP contribution in [0.1, 0.15) is 12.5 Å². The fraction of sp³-hybridized carbons (Fsp3) is 0.353. The van der Waals surface area contributed by atoms with Gasteiger partial charge in [0.25, 0.3) is 0 Å². The van der Waals surface area contributed by atoms with Crippen molar-refractivity contribution in [1.82, 2.24) is 19.5 Å². The number of nitrogens with two attached hydrogens (primary N) is 1. The molecule has 29 heavy (non-hydrogen) atoms. The summed E-state index contributed by atoms with van der Waals surface area (Å²) in [6.07, 6.45) is 3.52. The average molecular weight is 423 g/mol. The number of hydrogen-bond donors (Lipinski definition) is 3. The summed E-state index contributed by atoms with van der Waals surface area (Å²) in [5.41, 5.74) is 6.85. The topological polar surface area (TPSA) is 146 Å². The van der Waals surface area contributed by atoms with E-state index < -0.39 is 13.6 Å². The number of halogens is 1. The smallest absolute Gasteiger partial charge is 0.404 e. The zero-order valence-corrected chi connectivity index (χ0v) is 16.0. The number of aliphatic hydroxyl groups is 1. The van der Waals surface area contributed by atoms with Gasteiger partial charge in [-0.3, -0.25) is 9.42 Å². The second-order valence-electron chi connectivity index (χ2n) is 6.80. The van der Waals surface area contributed by atoms with Gasteiger partial charge in [0.2, 0.25) is 0 Å². The van der Waals surface area contributed by atoms with Crippen molar-refractivity contribution in [2.45, 2.75) is 12.5 Å². The van der Waals surface area contributed by atoms with Crippen LogP contribution in [0.25, 0.3) is 11.2 Å². The highest BCUT2D eigenvalue weighted by Gasteiger charge is 2.43. The van der Waals surface area contributed by atoms with Crippen molar-refractivity contribution >= 4 is 24.8 Å². The third-order valence-electron chi connectivity index (χ3n) is 5.09. The van der Waals surface area contributed by atoms with E-state index in [0.29, 0.717) is 17.6 Å². The van der Waals surface area contributed by atoms with Crippen molar-refractivity contribution in [2.24, 2.45) is 11.8 Å². The Morgan fingerprint density at radius 3 is 2.76 bits per heavy atom. The Kier molecular flexibility index (Phi) is 5.22. The first-order chi connectivity index (χ1) is 13.9. The van der Waals surface area contributed by atoms with E-state index in [2.05, 4.69) is 15.0 Å². The minimum atomic E-state index is -4.39. The number of benzene rings is 1. The maximum absolute atomic E-state index is 12.9. The van der Waals surface area contributed by atoms with Crippen LogP contribution >= 0.6 is 7.82 Å². The SMILES string of the molecule is Nc1ncnc2c1ncn2[C@@H]1C[C@H](COP(=O)(O)Oc2ccc(F)cc2)[C@@H]1CO. The van der Waals surface area contributed by atoms with Gasteiger partial charge in [0, 0.05) is 18.6 Å². The van der Waals surface area contributed by atoms with E-state index in [1.165, 1.54) is 18.5 Å². The maximum atomic E-state index is 12.9. The van der Waals surface area contributed by atoms with E-state index >= 15 is 0 Å². The summed E-state index contributed by atoms with van der Waals surface area (Å²) < 4.78 is 36.9. The molecule has 1 aliphatic carbocycles. The Labute approximate surface area is 164 Å². The molecule has 12 heteroatoms. The molecule has 154 valence electrons. The number of phosphoric acid groups is 1. The van der Waals surface area contributed by atoms with Crippen molar-refractivity contribution < 1.29 is 28.0 Å². The van der Waals surface area contributed by atoms with E-state index in [0.717, 1.165) is 12.1 Å². The number of nitrogen functional groups attached to an aromatic ring is 1. The largest absolute Gasteiger partial charge is 0.527 e. The lowest BCUT2D eigenvalue weighted by atomic mass is 9.70. The number of hydrogen-bond acceptors (Lipinski definition) is 8. The molecule has 1 aliphatic rings. The molecule has 0 saturated heterocycles. The average Bonchev–Trinajstić information content (AvgIpc) is 3.08. The van der Waals surface area contributed by atoms with Gasteiger partial charge in [-0.05, 0) is 36.6 Å². The van der Waals surface area contributed by atoms with Gasteiger partial charge in [-0.2, -0.15) is 0 Å². The summed E-state index contributed by atoms with van der Waals surface area (Å²) in [5, 5.41) is 9.80. The molecule has 0 radical (unpaired) electrons. The molecule has 1 unspecified atom stereocenters. The molecule has 0 bridgehead atoms. The quantitative estimate of drug-likeness (QED) is 0.485. The third kappa shape index (κ3) is 3.95. The first kappa shape index (κ1) is 19.7. The molecule has 3 aromatic rings. The number of rotatable bonds is 7. The number of fused-ring (bicyclic) bond motifs is 1. The van der Waals surface area contributed by atoms with Gasteiger partial charge < -0.3 is 19.9 Å². The van der Waals surface area contributed by atoms with Crippen LogP contribution in [-0.2, 0) is 9.09 Å². The van der Waals surface area contributed by atoms with Crippen LogP contribution in [0, 0.1) is 17.7 Å². The van der Waals surface area contributed by atoms with Gasteiger partial charge >= 0.3 is 7.82 Å². The Morgan fingerprint density at radius 2 is 2.03 bits per heavy atom. The second kappa shape index (κ2) is 7.68. The van der Waals surface area contributed by atoms with Crippen LogP contribution in [0.4, 0.5) is 10.2 Å². The van der Waals surface area contributed by atoms with E-state index in [9.17, 15) is 19.0 Å². The zero-order chi connectivity index (χ0) is 20.6. The van der Waals surface area contributed by atoms with E-state index in [-0.39, 0.29) is 42.7 Å². The minimum Gasteiger partial charge on any atom is -0.404 e. The molecule has 1 fully saturated rings. The van der Waals surface area contributed by atoms with Crippen LogP contribution < -0.4 is 10.3 Å². The van der Waals surface area contributed by atoms with Crippen molar-refractivity contribution in [2.75, 3.05) is 18.9 Å². The fourth-order valence-corrected chi connectivity index (χ4v) is 4.34. The molecule has 2 heterocycles. The lowest BCUT2D eigenvalue weighted by molar-refractivity contribution is -0.00488. The number of phosphoric ester groups is 1. The van der Waals surface area contributed by atoms with Gasteiger partial charge in [-0.1, -0.05) is 0 Å². The Bertz CT molecular complexity index is 1060. The first-order valence-corrected chi connectivity index (χ1v) is 10.3. The molecule has 4 N–H and O–H groups in total. The second-order valence-corrected chi connectivity index (χ2v) is 8.18. The van der Waals surface area contributed by atoms with Crippen molar-refractivity contribution in [3.63, 3.8) is 0 Å². The number of nitrogens with zero attached hydrogens (tertiary/aromatic N) is 4. The number of imidazole rings is 1. The van der Waals surface area contributed by atoms with Gasteiger partial charge in [0.05, 0.1) is 12.9 Å². The normalized spacial score (nSPS) is 23.5. The summed E-state index contributed by atoms with van der Waals surface area (Å²) in [4.78, 5) is 22.2. The van der Waals surface area contributed by atoms with Crippen molar-refractivity contribution in [3.8, 4) is 5.75 Å². The molecule has 10 nitrogen and oxygen atoms in total. The number of anilines is 1. The van der Waals surface area contributed by atoms with Gasteiger partial charge in [-0.25, -0.2) is 23.9 Å². The Morgan fingerprint density at radius 1 is 1.28 bits per heavy atom. The number of aromatic nitrogens is 4. The molecular formula is C17H19FN5O5P. The molecule has 2 aromatic heterocycles. The van der Waals surface area contributed by atoms with Crippen LogP contribution in [0.2, 0.25) is 0 Å². The molecule has 1 saturated carbocycles. The Hall–Kier alpha value is -2.59. The van der Waals surface area contributed by atoms with Crippen LogP contribution in [-0.4, -0.2) is 42.7 Å². The minimum absolute atomic E-state index is 0.0181. The van der Waals surface area contributed by atoms with E-state index in [1.54, 1.807) is 6.33 Å². The summed E-state index contributed by atoms with van der Waals surface area (Å²) in [7, 11) is -4.39. The predicted molar refractivity (Wildman–Crippen MR) is 100 cm³/mol. The third-order valence-corrected chi connectivity index (χ3v) is 6.00. The van der Waals surface area contributed by atoms with Crippen molar-refractivity contribution in [3.05, 3.63) is 42.7 Å². The molecule has 1 aromatic carbocycles. The van der Waals surface area contributed by atoms with Crippen molar-refractivity contribution in [1.29, 1.82) is 0 Å². The molecule has 0 amide bonds. The van der Waals surface area contributed by atoms with Gasteiger partial charge in [-0.15, -0.1) is 0 Å². The summed E-state index contributed by atoms with van der Waals surface area (Å²) in [5.74, 6) is -0.595. The highest BCUT2D eigenvalue weighted by atomic mass is 31.2. The standard InChI is InChI=1S/C17H19FN5O5P/c18-11-1-3-12(4-2-11)28-29(25,26)27-7-10-5-14(13(10)6-24)23-9-22-15-16(19)20-8-21-17(15)23/h1-4,8-10,13-14,24H,5-7H2,(H,25,26)(H2,19,20,21)/t10-,13+,14-/m1/s1. The number of aliphatic hydroxyl groups excluding tert-OH is 1. The maximum Gasteiger partial charge on any atom is 0.527 e. The zero-order valence-electron chi connectivity index (χ0n) is 15.1. The fourth-order valence-electron chi connectivity index (χ4n) is 3.52. The lowest BCUT2D eigenvalue weighted by Crippen LogP contribution is -2.42. The van der Waals surface area contributed by atoms with Crippen LogP contribution in [0.3, 0.4) is 0 Å². The summed E-state index contributed by atoms with van der Waals surface area (Å²) in [6, 6.07) is 4.58.